The van der Waals surface area contributed by atoms with E-state index in [2.05, 4.69) is 20.4 Å². The number of carbonyl (C=O) groups is 3. The summed E-state index contributed by atoms with van der Waals surface area (Å²) in [5.74, 6) is -2.88. The maximum absolute atomic E-state index is 12.7. The number of aromatic hydroxyl groups is 1. The van der Waals surface area contributed by atoms with Gasteiger partial charge in [-0.2, -0.15) is 5.26 Å². The van der Waals surface area contributed by atoms with E-state index in [1.54, 1.807) is 18.2 Å². The van der Waals surface area contributed by atoms with E-state index in [1.807, 2.05) is 6.07 Å². The van der Waals surface area contributed by atoms with Crippen LogP contribution in [0.2, 0.25) is 0 Å². The fraction of sp³-hybridized carbons (Fsp3) is 0.0435. The van der Waals surface area contributed by atoms with Gasteiger partial charge in [-0.1, -0.05) is 6.07 Å². The van der Waals surface area contributed by atoms with Crippen molar-refractivity contribution in [2.24, 2.45) is 0 Å². The van der Waals surface area contributed by atoms with Gasteiger partial charge in [-0.25, -0.2) is 9.59 Å². The van der Waals surface area contributed by atoms with E-state index >= 15 is 0 Å². The Hall–Kier alpha value is -5.24. The topological polar surface area (TPSA) is 185 Å². The third-order valence-electron chi connectivity index (χ3n) is 4.62. The quantitative estimate of drug-likeness (QED) is 0.348. The van der Waals surface area contributed by atoms with Gasteiger partial charge >= 0.3 is 12.1 Å². The fourth-order valence-corrected chi connectivity index (χ4v) is 2.99. The molecule has 0 atom stereocenters. The predicted molar refractivity (Wildman–Crippen MR) is 121 cm³/mol. The van der Waals surface area contributed by atoms with Crippen LogP contribution in [0.1, 0.15) is 21.5 Å². The van der Waals surface area contributed by atoms with Gasteiger partial charge in [0.1, 0.15) is 11.5 Å². The minimum Gasteiger partial charge on any atom is -0.507 e. The van der Waals surface area contributed by atoms with Crippen LogP contribution in [-0.2, 0) is 9.53 Å². The number of ether oxygens (including phenoxy) is 1. The van der Waals surface area contributed by atoms with E-state index in [4.69, 9.17) is 10.7 Å². The molecule has 11 heteroatoms. The van der Waals surface area contributed by atoms with Gasteiger partial charge in [0, 0.05) is 23.4 Å². The molecule has 0 spiro atoms. The monoisotopic (exact) mass is 459 g/mol. The molecule has 2 amide bonds. The van der Waals surface area contributed by atoms with Crippen molar-refractivity contribution in [3.8, 4) is 23.1 Å². The number of carbonyl (C=O) groups excluding carboxylic acids is 2. The summed E-state index contributed by atoms with van der Waals surface area (Å²) in [5.41, 5.74) is -0.466. The maximum atomic E-state index is 12.7. The van der Waals surface area contributed by atoms with Crippen LogP contribution < -0.4 is 10.6 Å². The number of benzene rings is 2. The Balaban J connectivity index is 2.00. The summed E-state index contributed by atoms with van der Waals surface area (Å²) in [6.07, 6.45) is 0.694. The van der Waals surface area contributed by atoms with Crippen LogP contribution in [0, 0.1) is 16.7 Å². The first-order valence-corrected chi connectivity index (χ1v) is 9.56. The van der Waals surface area contributed by atoms with Crippen LogP contribution in [0.25, 0.3) is 11.3 Å². The molecular weight excluding hydrogens is 442 g/mol. The first kappa shape index (κ1) is 23.4. The van der Waals surface area contributed by atoms with Gasteiger partial charge in [-0.3, -0.25) is 20.5 Å². The van der Waals surface area contributed by atoms with Crippen molar-refractivity contribution in [2.45, 2.75) is 0 Å². The van der Waals surface area contributed by atoms with Crippen LogP contribution in [0.3, 0.4) is 0 Å². The zero-order valence-corrected chi connectivity index (χ0v) is 17.6. The number of hydrogen-bond acceptors (Lipinski definition) is 8. The molecule has 11 nitrogen and oxygen atoms in total. The largest absolute Gasteiger partial charge is 0.507 e. The molecule has 3 rings (SSSR count). The lowest BCUT2D eigenvalue weighted by Crippen LogP contribution is -2.24. The molecule has 2 aromatic carbocycles. The summed E-state index contributed by atoms with van der Waals surface area (Å²) in [4.78, 5) is 40.2. The van der Waals surface area contributed by atoms with Gasteiger partial charge in [-0.05, 0) is 36.4 Å². The first-order chi connectivity index (χ1) is 16.2. The molecule has 1 aromatic heterocycles. The minimum absolute atomic E-state index is 0.0804. The highest BCUT2D eigenvalue weighted by atomic mass is 16.5. The first-order valence-electron chi connectivity index (χ1n) is 9.56. The normalized spacial score (nSPS) is 10.0. The molecule has 170 valence electrons. The zero-order valence-electron chi connectivity index (χ0n) is 17.6. The Labute approximate surface area is 192 Å². The second-order valence-electron chi connectivity index (χ2n) is 6.75. The average molecular weight is 459 g/mol. The number of anilines is 2. The lowest BCUT2D eigenvalue weighted by molar-refractivity contribution is -0.110. The van der Waals surface area contributed by atoms with Crippen LogP contribution in [0.5, 0.6) is 5.75 Å². The number of aromatic carboxylic acids is 1. The third kappa shape index (κ3) is 4.97. The van der Waals surface area contributed by atoms with E-state index in [-0.39, 0.29) is 28.1 Å². The number of carboxylic acid groups (broad SMARTS) is 1. The SMILES string of the molecule is COC(=O)Nc1cc(O)c(C(=N)C(=O)Nc2ccc(C#N)cc2C(=O)O)cc1-c1ccccn1. The molecule has 0 aliphatic rings. The minimum atomic E-state index is -1.38. The molecule has 1 heterocycles. The number of hydrogen-bond donors (Lipinski definition) is 5. The lowest BCUT2D eigenvalue weighted by atomic mass is 10.00. The van der Waals surface area contributed by atoms with Crippen LogP contribution >= 0.6 is 0 Å². The molecule has 0 saturated carbocycles. The standard InChI is InChI=1S/C23H17N5O6/c1-34-23(33)28-18-10-19(29)15(9-13(18)16-4-2-3-7-26-16)20(25)21(30)27-17-6-5-12(11-24)8-14(17)22(31)32/h2-10,25,29H,1H3,(H,27,30)(H,28,33)(H,31,32). The van der Waals surface area contributed by atoms with E-state index in [0.717, 1.165) is 12.1 Å². The number of nitrogens with zero attached hydrogens (tertiary/aromatic N) is 2. The van der Waals surface area contributed by atoms with E-state index in [0.29, 0.717) is 11.3 Å². The van der Waals surface area contributed by atoms with E-state index < -0.39 is 29.4 Å². The molecule has 0 aliphatic heterocycles. The maximum Gasteiger partial charge on any atom is 0.411 e. The number of pyridine rings is 1. The summed E-state index contributed by atoms with van der Waals surface area (Å²) in [6.45, 7) is 0. The zero-order chi connectivity index (χ0) is 24.8. The van der Waals surface area contributed by atoms with Crippen LogP contribution in [0.4, 0.5) is 16.2 Å². The smallest absolute Gasteiger partial charge is 0.411 e. The Kier molecular flexibility index (Phi) is 6.84. The highest BCUT2D eigenvalue weighted by Gasteiger charge is 2.22. The number of phenols is 1. The molecule has 0 fully saturated rings. The van der Waals surface area contributed by atoms with Gasteiger partial charge in [0.05, 0.1) is 41.4 Å². The van der Waals surface area contributed by atoms with Crippen LogP contribution in [0.15, 0.2) is 54.7 Å². The van der Waals surface area contributed by atoms with Gasteiger partial charge in [-0.15, -0.1) is 0 Å². The molecule has 0 unspecified atom stereocenters. The Morgan fingerprint density at radius 2 is 1.82 bits per heavy atom. The summed E-state index contributed by atoms with van der Waals surface area (Å²) in [7, 11) is 1.17. The number of methoxy groups -OCH3 is 1. The van der Waals surface area contributed by atoms with Crippen molar-refractivity contribution in [1.82, 2.24) is 4.98 Å². The number of nitriles is 1. The highest BCUT2D eigenvalue weighted by molar-refractivity contribution is 6.48. The summed E-state index contributed by atoms with van der Waals surface area (Å²) < 4.78 is 4.59. The summed E-state index contributed by atoms with van der Waals surface area (Å²) in [5, 5.41) is 41.9. The average Bonchev–Trinajstić information content (AvgIpc) is 2.84. The van der Waals surface area contributed by atoms with Gasteiger partial charge < -0.3 is 20.3 Å². The van der Waals surface area contributed by atoms with E-state index in [1.165, 1.54) is 31.5 Å². The molecular formula is C23H17N5O6. The lowest BCUT2D eigenvalue weighted by Gasteiger charge is -2.15. The molecule has 34 heavy (non-hydrogen) atoms. The Morgan fingerprint density at radius 3 is 2.44 bits per heavy atom. The summed E-state index contributed by atoms with van der Waals surface area (Å²) >= 11 is 0. The molecule has 0 saturated heterocycles. The van der Waals surface area contributed by atoms with Crippen molar-refractivity contribution in [3.63, 3.8) is 0 Å². The number of phenolic OH excluding ortho intramolecular Hbond substituents is 1. The van der Waals surface area contributed by atoms with E-state index in [9.17, 15) is 24.6 Å². The van der Waals surface area contributed by atoms with Crippen LogP contribution in [-0.4, -0.2) is 46.0 Å². The van der Waals surface area contributed by atoms with Crippen molar-refractivity contribution < 1.29 is 29.3 Å². The number of rotatable bonds is 6. The fourth-order valence-electron chi connectivity index (χ4n) is 2.99. The molecule has 5 N–H and O–H groups in total. The number of carboxylic acids is 1. The molecule has 0 aliphatic carbocycles. The van der Waals surface area contributed by atoms with Crippen molar-refractivity contribution in [1.29, 1.82) is 10.7 Å². The summed E-state index contributed by atoms with van der Waals surface area (Å²) in [6, 6.07) is 12.9. The van der Waals surface area contributed by atoms with Gasteiger partial charge in [0.15, 0.2) is 0 Å². The van der Waals surface area contributed by atoms with Crippen molar-refractivity contribution in [2.75, 3.05) is 17.7 Å². The number of nitrogens with one attached hydrogen (secondary N) is 3. The highest BCUT2D eigenvalue weighted by Crippen LogP contribution is 2.34. The van der Waals surface area contributed by atoms with Gasteiger partial charge in [0.25, 0.3) is 5.91 Å². The Bertz CT molecular complexity index is 1350. The third-order valence-corrected chi connectivity index (χ3v) is 4.62. The van der Waals surface area contributed by atoms with Crippen molar-refractivity contribution in [3.05, 3.63) is 71.4 Å². The Morgan fingerprint density at radius 1 is 1.06 bits per heavy atom. The van der Waals surface area contributed by atoms with Crippen molar-refractivity contribution >= 4 is 35.1 Å². The van der Waals surface area contributed by atoms with Gasteiger partial charge in [0.2, 0.25) is 0 Å². The molecule has 3 aromatic rings. The second-order valence-corrected chi connectivity index (χ2v) is 6.75. The molecule has 0 bridgehead atoms. The number of amides is 2. The predicted octanol–water partition coefficient (Wildman–Crippen LogP) is 3.21. The molecule has 0 radical (unpaired) electrons. The number of aromatic nitrogens is 1. The second kappa shape index (κ2) is 9.92.